The molecule has 2 N–H and O–H groups in total. The van der Waals surface area contributed by atoms with Crippen molar-refractivity contribution in [3.05, 3.63) is 41.2 Å². The summed E-state index contributed by atoms with van der Waals surface area (Å²) >= 11 is 0. The first-order chi connectivity index (χ1) is 12.3. The lowest BCUT2D eigenvalue weighted by molar-refractivity contribution is -0.138. The van der Waals surface area contributed by atoms with Gasteiger partial charge in [-0.3, -0.25) is 14.5 Å². The van der Waals surface area contributed by atoms with Crippen molar-refractivity contribution in [3.63, 3.8) is 0 Å². The first-order valence-corrected chi connectivity index (χ1v) is 8.69. The number of nitrogens with zero attached hydrogens (tertiary/aromatic N) is 3. The number of amides is 1. The summed E-state index contributed by atoms with van der Waals surface area (Å²) in [5, 5.41) is 16.4. The molecule has 0 aliphatic carbocycles. The molecule has 7 nitrogen and oxygen atoms in total. The summed E-state index contributed by atoms with van der Waals surface area (Å²) in [5.74, 6) is -1.18. The summed E-state index contributed by atoms with van der Waals surface area (Å²) in [6.45, 7) is 8.16. The van der Waals surface area contributed by atoms with Crippen LogP contribution in [0, 0.1) is 20.8 Å². The van der Waals surface area contributed by atoms with E-state index in [1.807, 2.05) is 52.0 Å². The second kappa shape index (κ2) is 8.62. The monoisotopic (exact) mass is 358 g/mol. The molecule has 0 atom stereocenters. The highest BCUT2D eigenvalue weighted by Gasteiger charge is 2.18. The molecule has 0 spiro atoms. The number of hydrogen-bond acceptors (Lipinski definition) is 4. The molecule has 1 amide bonds. The van der Waals surface area contributed by atoms with Crippen LogP contribution in [0.25, 0.3) is 5.69 Å². The van der Waals surface area contributed by atoms with Crippen LogP contribution in [0.4, 0.5) is 5.69 Å². The Balaban J connectivity index is 2.15. The first-order valence-electron chi connectivity index (χ1n) is 8.69. The van der Waals surface area contributed by atoms with Crippen LogP contribution < -0.4 is 5.32 Å². The van der Waals surface area contributed by atoms with Gasteiger partial charge >= 0.3 is 5.97 Å². The van der Waals surface area contributed by atoms with Gasteiger partial charge in [0, 0.05) is 0 Å². The fourth-order valence-electron chi connectivity index (χ4n) is 2.86. The number of anilines is 1. The topological polar surface area (TPSA) is 87.5 Å². The molecule has 0 fully saturated rings. The standard InChI is InChI=1S/C19H26N4O3/c1-5-10-22(12-18(25)26)11-17(24)20-19-14(3)21-23(15(19)4)16-8-6-13(2)7-9-16/h6-9H,5,10-12H2,1-4H3,(H,20,24)(H,25,26). The number of rotatable bonds is 8. The van der Waals surface area contributed by atoms with Gasteiger partial charge in [-0.2, -0.15) is 5.10 Å². The van der Waals surface area contributed by atoms with Gasteiger partial charge in [-0.15, -0.1) is 0 Å². The van der Waals surface area contributed by atoms with E-state index in [1.165, 1.54) is 5.56 Å². The second-order valence-corrected chi connectivity index (χ2v) is 6.45. The third kappa shape index (κ3) is 4.92. The zero-order valence-corrected chi connectivity index (χ0v) is 15.7. The molecule has 0 bridgehead atoms. The number of nitrogens with one attached hydrogen (secondary N) is 1. The number of aliphatic carboxylic acids is 1. The molecule has 2 rings (SSSR count). The van der Waals surface area contributed by atoms with E-state index < -0.39 is 5.97 Å². The molecule has 140 valence electrons. The summed E-state index contributed by atoms with van der Waals surface area (Å²) < 4.78 is 1.80. The fourth-order valence-corrected chi connectivity index (χ4v) is 2.86. The van der Waals surface area contributed by atoms with E-state index in [2.05, 4.69) is 10.4 Å². The highest BCUT2D eigenvalue weighted by Crippen LogP contribution is 2.23. The van der Waals surface area contributed by atoms with Crippen molar-refractivity contribution < 1.29 is 14.7 Å². The van der Waals surface area contributed by atoms with Crippen molar-refractivity contribution in [2.45, 2.75) is 34.1 Å². The highest BCUT2D eigenvalue weighted by molar-refractivity contribution is 5.93. The molecule has 0 aliphatic heterocycles. The maximum Gasteiger partial charge on any atom is 0.317 e. The van der Waals surface area contributed by atoms with Gasteiger partial charge < -0.3 is 10.4 Å². The Morgan fingerprint density at radius 3 is 2.38 bits per heavy atom. The molecular formula is C19H26N4O3. The second-order valence-electron chi connectivity index (χ2n) is 6.45. The normalized spacial score (nSPS) is 11.0. The molecule has 0 aliphatic rings. The fraction of sp³-hybridized carbons (Fsp3) is 0.421. The minimum absolute atomic E-state index is 0.0364. The predicted molar refractivity (Wildman–Crippen MR) is 101 cm³/mol. The van der Waals surface area contributed by atoms with Crippen molar-refractivity contribution in [2.75, 3.05) is 25.0 Å². The molecule has 0 unspecified atom stereocenters. The lowest BCUT2D eigenvalue weighted by Crippen LogP contribution is -2.37. The molecular weight excluding hydrogens is 332 g/mol. The van der Waals surface area contributed by atoms with E-state index >= 15 is 0 Å². The molecule has 0 saturated heterocycles. The molecule has 0 radical (unpaired) electrons. The molecule has 7 heteroatoms. The lowest BCUT2D eigenvalue weighted by atomic mass is 10.2. The Hall–Kier alpha value is -2.67. The summed E-state index contributed by atoms with van der Waals surface area (Å²) in [5.41, 5.74) is 4.31. The van der Waals surface area contributed by atoms with Gasteiger partial charge in [-0.1, -0.05) is 24.6 Å². The molecule has 2 aromatic rings. The number of carboxylic acids is 1. The maximum absolute atomic E-state index is 12.4. The maximum atomic E-state index is 12.4. The van der Waals surface area contributed by atoms with Crippen LogP contribution in [0.2, 0.25) is 0 Å². The van der Waals surface area contributed by atoms with Gasteiger partial charge in [0.2, 0.25) is 5.91 Å². The van der Waals surface area contributed by atoms with Crippen LogP contribution in [-0.4, -0.2) is 51.3 Å². The van der Waals surface area contributed by atoms with Crippen LogP contribution in [0.5, 0.6) is 0 Å². The van der Waals surface area contributed by atoms with Crippen molar-refractivity contribution in [1.82, 2.24) is 14.7 Å². The van der Waals surface area contributed by atoms with Crippen LogP contribution in [-0.2, 0) is 9.59 Å². The number of carbonyl (C=O) groups is 2. The smallest absolute Gasteiger partial charge is 0.317 e. The summed E-state index contributed by atoms with van der Waals surface area (Å²) in [6.07, 6.45) is 0.782. The van der Waals surface area contributed by atoms with Crippen LogP contribution >= 0.6 is 0 Å². The van der Waals surface area contributed by atoms with Crippen molar-refractivity contribution in [2.24, 2.45) is 0 Å². The molecule has 1 heterocycles. The minimum Gasteiger partial charge on any atom is -0.480 e. The van der Waals surface area contributed by atoms with E-state index in [9.17, 15) is 9.59 Å². The van der Waals surface area contributed by atoms with Gasteiger partial charge in [0.25, 0.3) is 0 Å². The zero-order valence-electron chi connectivity index (χ0n) is 15.7. The largest absolute Gasteiger partial charge is 0.480 e. The highest BCUT2D eigenvalue weighted by atomic mass is 16.4. The van der Waals surface area contributed by atoms with Gasteiger partial charge in [-0.05, 0) is 45.9 Å². The number of aryl methyl sites for hydroxylation is 2. The Morgan fingerprint density at radius 1 is 1.15 bits per heavy atom. The Bertz CT molecular complexity index is 781. The molecule has 1 aromatic carbocycles. The summed E-state index contributed by atoms with van der Waals surface area (Å²) in [6, 6.07) is 7.99. The van der Waals surface area contributed by atoms with Gasteiger partial charge in [0.1, 0.15) is 0 Å². The van der Waals surface area contributed by atoms with E-state index in [-0.39, 0.29) is 19.0 Å². The van der Waals surface area contributed by atoms with Gasteiger partial charge in [0.15, 0.2) is 0 Å². The number of hydrogen-bond donors (Lipinski definition) is 2. The average Bonchev–Trinajstić information content (AvgIpc) is 2.83. The molecule has 0 saturated carbocycles. The molecule has 1 aromatic heterocycles. The number of aromatic nitrogens is 2. The SMILES string of the molecule is CCCN(CC(=O)O)CC(=O)Nc1c(C)nn(-c2ccc(C)cc2)c1C. The quantitative estimate of drug-likeness (QED) is 0.757. The van der Waals surface area contributed by atoms with E-state index in [1.54, 1.807) is 9.58 Å². The van der Waals surface area contributed by atoms with E-state index in [4.69, 9.17) is 5.11 Å². The minimum atomic E-state index is -0.939. The van der Waals surface area contributed by atoms with E-state index in [0.29, 0.717) is 12.2 Å². The van der Waals surface area contributed by atoms with Gasteiger partial charge in [-0.25, -0.2) is 4.68 Å². The van der Waals surface area contributed by atoms with Crippen molar-refractivity contribution in [1.29, 1.82) is 0 Å². The average molecular weight is 358 g/mol. The third-order valence-corrected chi connectivity index (χ3v) is 4.10. The Morgan fingerprint density at radius 2 is 1.81 bits per heavy atom. The van der Waals surface area contributed by atoms with Crippen molar-refractivity contribution >= 4 is 17.6 Å². The molecule has 26 heavy (non-hydrogen) atoms. The van der Waals surface area contributed by atoms with Crippen molar-refractivity contribution in [3.8, 4) is 5.69 Å². The number of carboxylic acid groups (broad SMARTS) is 1. The number of benzene rings is 1. The third-order valence-electron chi connectivity index (χ3n) is 4.10. The zero-order chi connectivity index (χ0) is 19.3. The van der Waals surface area contributed by atoms with Crippen LogP contribution in [0.1, 0.15) is 30.3 Å². The van der Waals surface area contributed by atoms with Crippen LogP contribution in [0.3, 0.4) is 0 Å². The van der Waals surface area contributed by atoms with E-state index in [0.717, 1.165) is 23.5 Å². The lowest BCUT2D eigenvalue weighted by Gasteiger charge is -2.18. The van der Waals surface area contributed by atoms with Crippen LogP contribution in [0.15, 0.2) is 24.3 Å². The Labute approximate surface area is 153 Å². The predicted octanol–water partition coefficient (Wildman–Crippen LogP) is 2.53. The Kier molecular flexibility index (Phi) is 6.52. The number of carbonyl (C=O) groups excluding carboxylic acids is 1. The summed E-state index contributed by atoms with van der Waals surface area (Å²) in [4.78, 5) is 24.9. The van der Waals surface area contributed by atoms with Gasteiger partial charge in [0.05, 0.1) is 35.9 Å². The first kappa shape index (κ1) is 19.7. The summed E-state index contributed by atoms with van der Waals surface area (Å²) in [7, 11) is 0.